The van der Waals surface area contributed by atoms with Crippen LogP contribution in [0.3, 0.4) is 0 Å². The number of ether oxygens (including phenoxy) is 1. The predicted molar refractivity (Wildman–Crippen MR) is 93.5 cm³/mol. The van der Waals surface area contributed by atoms with Gasteiger partial charge in [0.05, 0.1) is 13.2 Å². The Morgan fingerprint density at radius 1 is 1.08 bits per heavy atom. The Morgan fingerprint density at radius 2 is 1.68 bits per heavy atom. The summed E-state index contributed by atoms with van der Waals surface area (Å²) >= 11 is 0. The van der Waals surface area contributed by atoms with Crippen molar-refractivity contribution in [2.45, 2.75) is 51.1 Å². The van der Waals surface area contributed by atoms with Gasteiger partial charge in [-0.15, -0.1) is 0 Å². The van der Waals surface area contributed by atoms with Gasteiger partial charge in [-0.25, -0.2) is 4.79 Å². The molecule has 0 bridgehead atoms. The monoisotopic (exact) mass is 346 g/mol. The van der Waals surface area contributed by atoms with Gasteiger partial charge < -0.3 is 15.4 Å². The molecular formula is C19H26N2O4. The van der Waals surface area contributed by atoms with Crippen LogP contribution in [-0.2, 0) is 19.1 Å². The molecule has 136 valence electrons. The third-order valence-electron chi connectivity index (χ3n) is 4.34. The highest BCUT2D eigenvalue weighted by atomic mass is 16.5. The lowest BCUT2D eigenvalue weighted by molar-refractivity contribution is -0.145. The largest absolute Gasteiger partial charge is 0.467 e. The van der Waals surface area contributed by atoms with E-state index in [1.165, 1.54) is 7.11 Å². The number of benzene rings is 1. The van der Waals surface area contributed by atoms with Crippen LogP contribution in [0.15, 0.2) is 30.3 Å². The molecule has 0 radical (unpaired) electrons. The number of methoxy groups -OCH3 is 1. The summed E-state index contributed by atoms with van der Waals surface area (Å²) in [4.78, 5) is 35.8. The summed E-state index contributed by atoms with van der Waals surface area (Å²) in [5.74, 6) is -0.441. The van der Waals surface area contributed by atoms with Gasteiger partial charge in [-0.05, 0) is 24.8 Å². The van der Waals surface area contributed by atoms with E-state index in [2.05, 4.69) is 10.6 Å². The van der Waals surface area contributed by atoms with E-state index in [0.29, 0.717) is 12.3 Å². The van der Waals surface area contributed by atoms with Gasteiger partial charge in [-0.3, -0.25) is 9.59 Å². The Labute approximate surface area is 148 Å². The second-order valence-electron chi connectivity index (χ2n) is 6.52. The van der Waals surface area contributed by atoms with Gasteiger partial charge in [-0.1, -0.05) is 43.2 Å². The van der Waals surface area contributed by atoms with E-state index in [0.717, 1.165) is 18.4 Å². The molecule has 2 N–H and O–H groups in total. The standard InChI is InChI=1S/C19H26N2O4/c1-13(15-6-4-3-5-7-15)20-17(22)10-11-18(23)21-16(19(24)25-2)12-14-8-9-14/h3-7,13-14,16H,8-12H2,1-2H3,(H,20,22)(H,21,23)/t13-,16-/m1/s1. The lowest BCUT2D eigenvalue weighted by atomic mass is 10.1. The van der Waals surface area contributed by atoms with E-state index in [-0.39, 0.29) is 30.7 Å². The molecule has 1 aromatic rings. The summed E-state index contributed by atoms with van der Waals surface area (Å²) in [5, 5.41) is 5.56. The summed E-state index contributed by atoms with van der Waals surface area (Å²) in [5.41, 5.74) is 1.01. The van der Waals surface area contributed by atoms with Crippen molar-refractivity contribution in [1.29, 1.82) is 0 Å². The maximum atomic E-state index is 12.0. The second-order valence-corrected chi connectivity index (χ2v) is 6.52. The Hall–Kier alpha value is -2.37. The van der Waals surface area contributed by atoms with Crippen molar-refractivity contribution in [3.63, 3.8) is 0 Å². The van der Waals surface area contributed by atoms with Crippen LogP contribution in [0.25, 0.3) is 0 Å². The Bertz CT molecular complexity index is 599. The van der Waals surface area contributed by atoms with E-state index >= 15 is 0 Å². The van der Waals surface area contributed by atoms with Crippen molar-refractivity contribution < 1.29 is 19.1 Å². The topological polar surface area (TPSA) is 84.5 Å². The number of amides is 2. The molecule has 0 saturated heterocycles. The lowest BCUT2D eigenvalue weighted by Gasteiger charge is -2.17. The van der Waals surface area contributed by atoms with Gasteiger partial charge in [0.1, 0.15) is 6.04 Å². The molecule has 1 aromatic carbocycles. The molecule has 6 heteroatoms. The molecule has 1 fully saturated rings. The number of carbonyl (C=O) groups is 3. The number of carbonyl (C=O) groups excluding carboxylic acids is 3. The van der Waals surface area contributed by atoms with Crippen LogP contribution in [0, 0.1) is 5.92 Å². The molecule has 1 saturated carbocycles. The summed E-state index contributed by atoms with van der Waals surface area (Å²) in [6.45, 7) is 1.90. The molecule has 2 atom stereocenters. The van der Waals surface area contributed by atoms with Crippen LogP contribution in [0.4, 0.5) is 0 Å². The van der Waals surface area contributed by atoms with Crippen molar-refractivity contribution >= 4 is 17.8 Å². The third kappa shape index (κ3) is 6.57. The molecule has 0 spiro atoms. The van der Waals surface area contributed by atoms with Gasteiger partial charge in [-0.2, -0.15) is 0 Å². The van der Waals surface area contributed by atoms with Crippen LogP contribution in [0.2, 0.25) is 0 Å². The van der Waals surface area contributed by atoms with E-state index in [1.807, 2.05) is 37.3 Å². The Morgan fingerprint density at radius 3 is 2.24 bits per heavy atom. The van der Waals surface area contributed by atoms with E-state index in [4.69, 9.17) is 4.74 Å². The number of esters is 1. The van der Waals surface area contributed by atoms with E-state index < -0.39 is 12.0 Å². The fraction of sp³-hybridized carbons (Fsp3) is 0.526. The van der Waals surface area contributed by atoms with Crippen molar-refractivity contribution in [1.82, 2.24) is 10.6 Å². The SMILES string of the molecule is COC(=O)[C@@H](CC1CC1)NC(=O)CCC(=O)N[C@H](C)c1ccccc1. The Kier molecular flexibility index (Phi) is 6.98. The summed E-state index contributed by atoms with van der Waals surface area (Å²) < 4.78 is 4.74. The molecule has 2 amide bonds. The van der Waals surface area contributed by atoms with E-state index in [1.54, 1.807) is 0 Å². The Balaban J connectivity index is 1.74. The summed E-state index contributed by atoms with van der Waals surface area (Å²) in [6.07, 6.45) is 2.91. The number of nitrogens with one attached hydrogen (secondary N) is 2. The molecule has 25 heavy (non-hydrogen) atoms. The first kappa shape index (κ1) is 19.0. The van der Waals surface area contributed by atoms with Gasteiger partial charge in [0.2, 0.25) is 11.8 Å². The highest BCUT2D eigenvalue weighted by molar-refractivity contribution is 5.87. The number of rotatable bonds is 9. The fourth-order valence-electron chi connectivity index (χ4n) is 2.68. The van der Waals surface area contributed by atoms with Gasteiger partial charge in [0, 0.05) is 12.8 Å². The van der Waals surface area contributed by atoms with Crippen LogP contribution >= 0.6 is 0 Å². The zero-order chi connectivity index (χ0) is 18.2. The number of hydrogen-bond acceptors (Lipinski definition) is 4. The lowest BCUT2D eigenvalue weighted by Crippen LogP contribution is -2.42. The zero-order valence-corrected chi connectivity index (χ0v) is 14.8. The second kappa shape index (κ2) is 9.20. The van der Waals surface area contributed by atoms with Crippen molar-refractivity contribution in [3.8, 4) is 0 Å². The van der Waals surface area contributed by atoms with Crippen LogP contribution < -0.4 is 10.6 Å². The normalized spacial score (nSPS) is 15.8. The molecule has 6 nitrogen and oxygen atoms in total. The first-order chi connectivity index (χ1) is 12.0. The zero-order valence-electron chi connectivity index (χ0n) is 14.8. The minimum atomic E-state index is -0.615. The van der Waals surface area contributed by atoms with Gasteiger partial charge >= 0.3 is 5.97 Å². The minimum absolute atomic E-state index is 0.0471. The van der Waals surface area contributed by atoms with E-state index in [9.17, 15) is 14.4 Å². The maximum Gasteiger partial charge on any atom is 0.328 e. The smallest absolute Gasteiger partial charge is 0.328 e. The summed E-state index contributed by atoms with van der Waals surface area (Å²) in [7, 11) is 1.31. The summed E-state index contributed by atoms with van der Waals surface area (Å²) in [6, 6.07) is 8.90. The molecule has 1 aliphatic carbocycles. The van der Waals surface area contributed by atoms with Crippen LogP contribution in [-0.4, -0.2) is 30.9 Å². The first-order valence-corrected chi connectivity index (χ1v) is 8.71. The minimum Gasteiger partial charge on any atom is -0.467 e. The molecule has 0 aromatic heterocycles. The highest BCUT2D eigenvalue weighted by Gasteiger charge is 2.30. The molecule has 1 aliphatic rings. The van der Waals surface area contributed by atoms with Crippen LogP contribution in [0.5, 0.6) is 0 Å². The molecule has 2 rings (SSSR count). The molecule has 0 unspecified atom stereocenters. The third-order valence-corrected chi connectivity index (χ3v) is 4.34. The van der Waals surface area contributed by atoms with Gasteiger partial charge in [0.15, 0.2) is 0 Å². The highest BCUT2D eigenvalue weighted by Crippen LogP contribution is 2.33. The molecular weight excluding hydrogens is 320 g/mol. The van der Waals surface area contributed by atoms with Gasteiger partial charge in [0.25, 0.3) is 0 Å². The van der Waals surface area contributed by atoms with Crippen molar-refractivity contribution in [2.75, 3.05) is 7.11 Å². The van der Waals surface area contributed by atoms with Crippen molar-refractivity contribution in [2.24, 2.45) is 5.92 Å². The fourth-order valence-corrected chi connectivity index (χ4v) is 2.68. The predicted octanol–water partition coefficient (Wildman–Crippen LogP) is 2.10. The van der Waals surface area contributed by atoms with Crippen molar-refractivity contribution in [3.05, 3.63) is 35.9 Å². The maximum absolute atomic E-state index is 12.0. The van der Waals surface area contributed by atoms with Crippen LogP contribution in [0.1, 0.15) is 50.6 Å². The molecule has 0 aliphatic heterocycles. The quantitative estimate of drug-likeness (QED) is 0.671. The first-order valence-electron chi connectivity index (χ1n) is 8.71. The average Bonchev–Trinajstić information content (AvgIpc) is 3.43. The number of hydrogen-bond donors (Lipinski definition) is 2. The molecule has 0 heterocycles. The average molecular weight is 346 g/mol.